The van der Waals surface area contributed by atoms with Gasteiger partial charge in [-0.25, -0.2) is 0 Å². The van der Waals surface area contributed by atoms with Gasteiger partial charge in [0.2, 0.25) is 0 Å². The van der Waals surface area contributed by atoms with Gasteiger partial charge in [-0.15, -0.1) is 0 Å². The lowest BCUT2D eigenvalue weighted by Crippen LogP contribution is -2.45. The minimum absolute atomic E-state index is 0.218. The predicted octanol–water partition coefficient (Wildman–Crippen LogP) is 3.02. The topological polar surface area (TPSA) is 76.7 Å². The number of amides is 2. The van der Waals surface area contributed by atoms with Gasteiger partial charge >= 0.3 is 0 Å². The van der Waals surface area contributed by atoms with Crippen LogP contribution in [-0.4, -0.2) is 25.0 Å². The smallest absolute Gasteiger partial charge is 0.276 e. The molecular weight excluding hydrogens is 412 g/mol. The largest absolute Gasteiger partial charge is 0.483 e. The number of ether oxygens (including phenoxy) is 2. The highest BCUT2D eigenvalue weighted by Gasteiger charge is 2.09. The summed E-state index contributed by atoms with van der Waals surface area (Å²) in [6, 6.07) is 12.3. The summed E-state index contributed by atoms with van der Waals surface area (Å²) in [6.45, 7) is 1.37. The van der Waals surface area contributed by atoms with Crippen molar-refractivity contribution in [1.82, 2.24) is 10.9 Å². The van der Waals surface area contributed by atoms with Crippen molar-refractivity contribution < 1.29 is 19.1 Å². The number of hydrazine groups is 1. The second-order valence-corrected chi connectivity index (χ2v) is 6.34. The number of hydrogen-bond donors (Lipinski definition) is 2. The fourth-order valence-electron chi connectivity index (χ4n) is 1.81. The number of para-hydroxylation sites is 1. The molecule has 25 heavy (non-hydrogen) atoms. The quantitative estimate of drug-likeness (QED) is 0.695. The summed E-state index contributed by atoms with van der Waals surface area (Å²) in [5, 5.41) is 0.373. The first kappa shape index (κ1) is 19.1. The third kappa shape index (κ3) is 6.28. The molecule has 0 aliphatic heterocycles. The maximum atomic E-state index is 11.7. The average Bonchev–Trinajstić information content (AvgIpc) is 2.58. The van der Waals surface area contributed by atoms with Crippen LogP contribution >= 0.6 is 27.5 Å². The average molecular weight is 428 g/mol. The number of carbonyl (C=O) groups is 2. The second kappa shape index (κ2) is 9.29. The normalized spacial score (nSPS) is 10.0. The van der Waals surface area contributed by atoms with Crippen LogP contribution in [0.5, 0.6) is 11.5 Å². The molecule has 2 rings (SSSR count). The zero-order valence-electron chi connectivity index (χ0n) is 13.3. The molecule has 0 bridgehead atoms. The third-order valence-electron chi connectivity index (χ3n) is 3.05. The van der Waals surface area contributed by atoms with Crippen LogP contribution in [0.25, 0.3) is 0 Å². The zero-order chi connectivity index (χ0) is 18.2. The molecule has 0 heterocycles. The van der Waals surface area contributed by atoms with Crippen molar-refractivity contribution >= 4 is 39.3 Å². The summed E-state index contributed by atoms with van der Waals surface area (Å²) in [4.78, 5) is 23.4. The lowest BCUT2D eigenvalue weighted by Gasteiger charge is -2.11. The molecule has 0 unspecified atom stereocenters. The van der Waals surface area contributed by atoms with Crippen molar-refractivity contribution in [2.45, 2.75) is 6.92 Å². The number of halogens is 2. The van der Waals surface area contributed by atoms with E-state index >= 15 is 0 Å². The van der Waals surface area contributed by atoms with Crippen LogP contribution in [0.3, 0.4) is 0 Å². The highest BCUT2D eigenvalue weighted by Crippen LogP contribution is 2.27. The molecular formula is C17H16BrClN2O4. The molecule has 8 heteroatoms. The highest BCUT2D eigenvalue weighted by molar-refractivity contribution is 9.10. The van der Waals surface area contributed by atoms with E-state index in [0.717, 1.165) is 10.0 Å². The van der Waals surface area contributed by atoms with E-state index in [9.17, 15) is 9.59 Å². The van der Waals surface area contributed by atoms with E-state index in [1.54, 1.807) is 24.3 Å². The first-order valence-corrected chi connectivity index (χ1v) is 8.47. The van der Waals surface area contributed by atoms with Gasteiger partial charge in [-0.3, -0.25) is 20.4 Å². The van der Waals surface area contributed by atoms with E-state index in [2.05, 4.69) is 26.8 Å². The molecule has 0 atom stereocenters. The van der Waals surface area contributed by atoms with E-state index in [1.165, 1.54) is 0 Å². The summed E-state index contributed by atoms with van der Waals surface area (Å²) in [6.07, 6.45) is 0. The van der Waals surface area contributed by atoms with Gasteiger partial charge in [-0.1, -0.05) is 45.7 Å². The Labute approximate surface area is 158 Å². The van der Waals surface area contributed by atoms with Crippen LogP contribution in [-0.2, 0) is 9.59 Å². The van der Waals surface area contributed by atoms with E-state index in [-0.39, 0.29) is 13.2 Å². The van der Waals surface area contributed by atoms with Crippen LogP contribution in [0.15, 0.2) is 46.9 Å². The number of rotatable bonds is 6. The molecule has 132 valence electrons. The Morgan fingerprint density at radius 1 is 1.00 bits per heavy atom. The molecule has 0 spiro atoms. The fourth-order valence-corrected chi connectivity index (χ4v) is 2.54. The molecule has 0 radical (unpaired) electrons. The summed E-state index contributed by atoms with van der Waals surface area (Å²) >= 11 is 9.25. The fraction of sp³-hybridized carbons (Fsp3) is 0.176. The summed E-state index contributed by atoms with van der Waals surface area (Å²) in [5.74, 6) is -0.0343. The molecule has 0 aromatic heterocycles. The Kier molecular flexibility index (Phi) is 7.09. The summed E-state index contributed by atoms with van der Waals surface area (Å²) < 4.78 is 11.5. The van der Waals surface area contributed by atoms with Gasteiger partial charge in [0, 0.05) is 4.47 Å². The van der Waals surface area contributed by atoms with Crippen molar-refractivity contribution in [1.29, 1.82) is 0 Å². The number of carbonyl (C=O) groups excluding carboxylic acids is 2. The van der Waals surface area contributed by atoms with E-state index < -0.39 is 11.8 Å². The number of hydrogen-bond acceptors (Lipinski definition) is 4. The van der Waals surface area contributed by atoms with Gasteiger partial charge in [0.15, 0.2) is 13.2 Å². The lowest BCUT2D eigenvalue weighted by atomic mass is 10.2. The first-order valence-electron chi connectivity index (χ1n) is 7.29. The monoisotopic (exact) mass is 426 g/mol. The molecule has 2 aromatic carbocycles. The van der Waals surface area contributed by atoms with Crippen molar-refractivity contribution in [3.05, 3.63) is 57.5 Å². The Bertz CT molecular complexity index is 770. The molecule has 6 nitrogen and oxygen atoms in total. The van der Waals surface area contributed by atoms with Gasteiger partial charge in [0.1, 0.15) is 11.5 Å². The number of nitrogens with one attached hydrogen (secondary N) is 2. The minimum atomic E-state index is -0.525. The van der Waals surface area contributed by atoms with Gasteiger partial charge in [0.05, 0.1) is 5.02 Å². The van der Waals surface area contributed by atoms with Crippen molar-refractivity contribution in [2.75, 3.05) is 13.2 Å². The van der Waals surface area contributed by atoms with Crippen molar-refractivity contribution in [3.63, 3.8) is 0 Å². The maximum absolute atomic E-state index is 11.7. The minimum Gasteiger partial charge on any atom is -0.483 e. The Balaban J connectivity index is 1.70. The zero-order valence-corrected chi connectivity index (χ0v) is 15.7. The molecule has 0 aliphatic rings. The van der Waals surface area contributed by atoms with Gasteiger partial charge in [-0.05, 0) is 36.8 Å². The molecule has 2 aromatic rings. The predicted molar refractivity (Wildman–Crippen MR) is 97.6 cm³/mol. The summed E-state index contributed by atoms with van der Waals surface area (Å²) in [5.41, 5.74) is 5.40. The Morgan fingerprint density at radius 3 is 2.20 bits per heavy atom. The Hall–Kier alpha value is -2.25. The van der Waals surface area contributed by atoms with Crippen LogP contribution in [0.1, 0.15) is 5.56 Å². The van der Waals surface area contributed by atoms with Crippen LogP contribution in [0, 0.1) is 6.92 Å². The summed E-state index contributed by atoms with van der Waals surface area (Å²) in [7, 11) is 0. The SMILES string of the molecule is Cc1ccccc1OCC(=O)NNC(=O)COc1ccc(Br)cc1Cl. The van der Waals surface area contributed by atoms with E-state index in [4.69, 9.17) is 21.1 Å². The van der Waals surface area contributed by atoms with Gasteiger partial charge in [-0.2, -0.15) is 0 Å². The Morgan fingerprint density at radius 2 is 1.60 bits per heavy atom. The molecule has 0 aliphatic carbocycles. The van der Waals surface area contributed by atoms with Crippen LogP contribution in [0.2, 0.25) is 5.02 Å². The first-order chi connectivity index (χ1) is 12.0. The van der Waals surface area contributed by atoms with Crippen molar-refractivity contribution in [3.8, 4) is 11.5 Å². The van der Waals surface area contributed by atoms with Gasteiger partial charge < -0.3 is 9.47 Å². The third-order valence-corrected chi connectivity index (χ3v) is 3.84. The maximum Gasteiger partial charge on any atom is 0.276 e. The molecule has 2 amide bonds. The van der Waals surface area contributed by atoms with Crippen LogP contribution < -0.4 is 20.3 Å². The molecule has 0 saturated heterocycles. The standard InChI is InChI=1S/C17H16BrClN2O4/c1-11-4-2-3-5-14(11)24-9-16(22)20-21-17(23)10-25-15-7-6-12(18)8-13(15)19/h2-8H,9-10H2,1H3,(H,20,22)(H,21,23). The highest BCUT2D eigenvalue weighted by atomic mass is 79.9. The second-order valence-electron chi connectivity index (χ2n) is 5.01. The van der Waals surface area contributed by atoms with E-state index in [0.29, 0.717) is 16.5 Å². The van der Waals surface area contributed by atoms with Crippen molar-refractivity contribution in [2.24, 2.45) is 0 Å². The molecule has 0 saturated carbocycles. The number of benzene rings is 2. The number of aryl methyl sites for hydroxylation is 1. The lowest BCUT2D eigenvalue weighted by molar-refractivity contribution is -0.131. The molecule has 2 N–H and O–H groups in total. The molecule has 0 fully saturated rings. The van der Waals surface area contributed by atoms with Crippen LogP contribution in [0.4, 0.5) is 0 Å². The van der Waals surface area contributed by atoms with Gasteiger partial charge in [0.25, 0.3) is 11.8 Å². The van der Waals surface area contributed by atoms with E-state index in [1.807, 2.05) is 25.1 Å².